The minimum atomic E-state index is 0.564. The summed E-state index contributed by atoms with van der Waals surface area (Å²) in [7, 11) is 0. The zero-order valence-electron chi connectivity index (χ0n) is 9.68. The van der Waals surface area contributed by atoms with Gasteiger partial charge < -0.3 is 0 Å². The van der Waals surface area contributed by atoms with Gasteiger partial charge in [-0.05, 0) is 26.0 Å². The number of fused-ring (bicyclic) bond motifs is 1. The molecule has 2 heterocycles. The van der Waals surface area contributed by atoms with Crippen LogP contribution in [0.5, 0.6) is 0 Å². The molecule has 17 heavy (non-hydrogen) atoms. The van der Waals surface area contributed by atoms with Crippen LogP contribution in [0.2, 0.25) is 0 Å². The van der Waals surface area contributed by atoms with Gasteiger partial charge in [0.1, 0.15) is 6.20 Å². The van der Waals surface area contributed by atoms with E-state index in [1.165, 1.54) is 0 Å². The van der Waals surface area contributed by atoms with Crippen LogP contribution in [0.3, 0.4) is 0 Å². The van der Waals surface area contributed by atoms with Gasteiger partial charge in [-0.15, -0.1) is 0 Å². The lowest BCUT2D eigenvalue weighted by molar-refractivity contribution is 0.779. The van der Waals surface area contributed by atoms with Crippen LogP contribution in [0, 0.1) is 20.0 Å². The molecular weight excluding hydrogens is 212 g/mol. The van der Waals surface area contributed by atoms with Gasteiger partial charge in [-0.3, -0.25) is 0 Å². The summed E-state index contributed by atoms with van der Waals surface area (Å²) in [6.45, 7) is 3.94. The monoisotopic (exact) mass is 223 g/mol. The average molecular weight is 223 g/mol. The summed E-state index contributed by atoms with van der Waals surface area (Å²) in [6, 6.07) is 9.79. The summed E-state index contributed by atoms with van der Waals surface area (Å²) in [5.41, 5.74) is 2.86. The van der Waals surface area contributed by atoms with E-state index in [2.05, 4.69) is 21.3 Å². The molecule has 1 aromatic carbocycles. The van der Waals surface area contributed by atoms with Crippen molar-refractivity contribution >= 4 is 10.9 Å². The Labute approximate surface area is 98.9 Å². The van der Waals surface area contributed by atoms with Gasteiger partial charge in [0.25, 0.3) is 5.95 Å². The van der Waals surface area contributed by atoms with Crippen molar-refractivity contribution < 1.29 is 0 Å². The highest BCUT2D eigenvalue weighted by Crippen LogP contribution is 2.12. The zero-order chi connectivity index (χ0) is 11.8. The third-order valence-corrected chi connectivity index (χ3v) is 2.60. The van der Waals surface area contributed by atoms with Crippen LogP contribution in [-0.4, -0.2) is 19.7 Å². The molecule has 0 N–H and O–H groups in total. The summed E-state index contributed by atoms with van der Waals surface area (Å²) in [6.07, 6.45) is 2.98. The number of para-hydroxylation sites is 1. The minimum Gasteiger partial charge on any atom is -0.211 e. The molecule has 4 heteroatoms. The first-order valence-corrected chi connectivity index (χ1v) is 5.42. The molecule has 0 aliphatic rings. The first-order valence-electron chi connectivity index (χ1n) is 5.42. The van der Waals surface area contributed by atoms with Crippen molar-refractivity contribution in [3.05, 3.63) is 47.9 Å². The van der Waals surface area contributed by atoms with Crippen molar-refractivity contribution in [3.8, 4) is 5.95 Å². The molecule has 0 amide bonds. The number of hydrogen-bond acceptors (Lipinski definition) is 3. The molecule has 2 aromatic heterocycles. The lowest BCUT2D eigenvalue weighted by Gasteiger charge is -2.02. The van der Waals surface area contributed by atoms with Gasteiger partial charge in [0.15, 0.2) is 0 Å². The average Bonchev–Trinajstić information content (AvgIpc) is 2.68. The second kappa shape index (κ2) is 3.66. The molecule has 3 aromatic rings. The Bertz CT molecular complexity index is 685. The van der Waals surface area contributed by atoms with E-state index in [4.69, 9.17) is 0 Å². The summed E-state index contributed by atoms with van der Waals surface area (Å²) in [4.78, 5) is 8.69. The molecule has 1 radical (unpaired) electrons. The molecule has 0 fully saturated rings. The third kappa shape index (κ3) is 1.67. The van der Waals surface area contributed by atoms with E-state index in [9.17, 15) is 0 Å². The Morgan fingerprint density at radius 2 is 2.00 bits per heavy atom. The van der Waals surface area contributed by atoms with Crippen molar-refractivity contribution in [2.45, 2.75) is 13.8 Å². The predicted octanol–water partition coefficient (Wildman–Crippen LogP) is 2.23. The van der Waals surface area contributed by atoms with Crippen molar-refractivity contribution in [2.75, 3.05) is 0 Å². The van der Waals surface area contributed by atoms with Gasteiger partial charge in [-0.2, -0.15) is 5.10 Å². The van der Waals surface area contributed by atoms with Gasteiger partial charge in [0.05, 0.1) is 11.2 Å². The Morgan fingerprint density at radius 1 is 1.18 bits per heavy atom. The van der Waals surface area contributed by atoms with Crippen LogP contribution in [0.25, 0.3) is 16.9 Å². The molecule has 0 atom stereocenters. The second-order valence-electron chi connectivity index (χ2n) is 3.99. The SMILES string of the molecule is Cc1cc(C)n(-c2n[c]c3ccccc3n2)n1. The van der Waals surface area contributed by atoms with Crippen LogP contribution in [0.15, 0.2) is 30.3 Å². The standard InChI is InChI=1S/C13H11N4/c1-9-7-10(2)17(16-9)13-14-8-11-5-3-4-6-12(11)15-13/h3-7H,1-2H3. The van der Waals surface area contributed by atoms with Crippen molar-refractivity contribution in [1.29, 1.82) is 0 Å². The van der Waals surface area contributed by atoms with E-state index in [0.29, 0.717) is 5.95 Å². The normalized spacial score (nSPS) is 10.9. The third-order valence-electron chi connectivity index (χ3n) is 2.60. The highest BCUT2D eigenvalue weighted by molar-refractivity contribution is 5.77. The molecule has 0 aliphatic carbocycles. The zero-order valence-corrected chi connectivity index (χ0v) is 9.68. The van der Waals surface area contributed by atoms with E-state index < -0.39 is 0 Å². The topological polar surface area (TPSA) is 43.6 Å². The first kappa shape index (κ1) is 9.96. The van der Waals surface area contributed by atoms with E-state index in [1.54, 1.807) is 4.68 Å². The van der Waals surface area contributed by atoms with Crippen LogP contribution in [-0.2, 0) is 0 Å². The molecule has 0 bridgehead atoms. The fraction of sp³-hybridized carbons (Fsp3) is 0.154. The Kier molecular flexibility index (Phi) is 2.14. The van der Waals surface area contributed by atoms with Crippen LogP contribution in [0.1, 0.15) is 11.4 Å². The smallest absolute Gasteiger partial charge is 0.211 e. The van der Waals surface area contributed by atoms with Crippen LogP contribution in [0.4, 0.5) is 0 Å². The lowest BCUT2D eigenvalue weighted by Crippen LogP contribution is -2.04. The largest absolute Gasteiger partial charge is 0.251 e. The molecule has 0 aliphatic heterocycles. The Hall–Kier alpha value is -2.23. The lowest BCUT2D eigenvalue weighted by atomic mass is 10.2. The molecule has 4 nitrogen and oxygen atoms in total. The molecule has 0 spiro atoms. The summed E-state index contributed by atoms with van der Waals surface area (Å²) in [5, 5.41) is 5.27. The van der Waals surface area contributed by atoms with Gasteiger partial charge in [-0.1, -0.05) is 18.2 Å². The van der Waals surface area contributed by atoms with Gasteiger partial charge in [-0.25, -0.2) is 14.6 Å². The molecule has 0 saturated heterocycles. The summed E-state index contributed by atoms with van der Waals surface area (Å²) < 4.78 is 1.73. The van der Waals surface area contributed by atoms with Crippen molar-refractivity contribution in [1.82, 2.24) is 19.7 Å². The number of aromatic nitrogens is 4. The number of aryl methyl sites for hydroxylation is 2. The Morgan fingerprint density at radius 3 is 2.76 bits per heavy atom. The van der Waals surface area contributed by atoms with E-state index in [-0.39, 0.29) is 0 Å². The number of nitrogens with zero attached hydrogens (tertiary/aromatic N) is 4. The molecule has 83 valence electrons. The van der Waals surface area contributed by atoms with E-state index >= 15 is 0 Å². The highest BCUT2D eigenvalue weighted by Gasteiger charge is 2.07. The highest BCUT2D eigenvalue weighted by atomic mass is 15.3. The molecule has 0 saturated carbocycles. The van der Waals surface area contributed by atoms with Gasteiger partial charge in [0, 0.05) is 11.1 Å². The van der Waals surface area contributed by atoms with Crippen LogP contribution >= 0.6 is 0 Å². The summed E-state index contributed by atoms with van der Waals surface area (Å²) >= 11 is 0. The molecule has 3 rings (SSSR count). The number of rotatable bonds is 1. The van der Waals surface area contributed by atoms with Gasteiger partial charge in [0.2, 0.25) is 0 Å². The Balaban J connectivity index is 2.21. The maximum Gasteiger partial charge on any atom is 0.251 e. The quantitative estimate of drug-likeness (QED) is 0.635. The van der Waals surface area contributed by atoms with E-state index in [1.807, 2.05) is 44.2 Å². The fourth-order valence-electron chi connectivity index (χ4n) is 1.83. The number of hydrogen-bond donors (Lipinski definition) is 0. The van der Waals surface area contributed by atoms with Crippen molar-refractivity contribution in [2.24, 2.45) is 0 Å². The van der Waals surface area contributed by atoms with Crippen LogP contribution < -0.4 is 0 Å². The molecule has 0 unspecified atom stereocenters. The van der Waals surface area contributed by atoms with Gasteiger partial charge >= 0.3 is 0 Å². The maximum absolute atomic E-state index is 4.48. The first-order chi connectivity index (χ1) is 8.24. The number of benzene rings is 1. The minimum absolute atomic E-state index is 0.564. The fourth-order valence-corrected chi connectivity index (χ4v) is 1.83. The summed E-state index contributed by atoms with van der Waals surface area (Å²) in [5.74, 6) is 0.564. The predicted molar refractivity (Wildman–Crippen MR) is 65.0 cm³/mol. The second-order valence-corrected chi connectivity index (χ2v) is 3.99. The molecular formula is C13H11N4. The maximum atomic E-state index is 4.48. The van der Waals surface area contributed by atoms with E-state index in [0.717, 1.165) is 22.3 Å². The van der Waals surface area contributed by atoms with Crippen molar-refractivity contribution in [3.63, 3.8) is 0 Å².